The van der Waals surface area contributed by atoms with Gasteiger partial charge in [-0.2, -0.15) is 0 Å². The van der Waals surface area contributed by atoms with Crippen molar-refractivity contribution in [2.75, 3.05) is 51.6 Å². The van der Waals surface area contributed by atoms with Crippen LogP contribution in [-0.4, -0.2) is 66.1 Å². The predicted molar refractivity (Wildman–Crippen MR) is 65.8 cm³/mol. The van der Waals surface area contributed by atoms with Gasteiger partial charge in [0.1, 0.15) is 0 Å². The Balaban J connectivity index is 3.39. The van der Waals surface area contributed by atoms with Gasteiger partial charge in [-0.25, -0.2) is 8.42 Å². The van der Waals surface area contributed by atoms with Crippen LogP contribution in [-0.2, 0) is 24.0 Å². The second-order valence-electron chi connectivity index (χ2n) is 3.81. The molecule has 1 unspecified atom stereocenters. The van der Waals surface area contributed by atoms with Crippen LogP contribution < -0.4 is 5.73 Å². The van der Waals surface area contributed by atoms with Gasteiger partial charge in [-0.1, -0.05) is 0 Å². The first kappa shape index (κ1) is 16.8. The highest BCUT2D eigenvalue weighted by atomic mass is 32.2. The zero-order chi connectivity index (χ0) is 13.1. The molecular formula is C10H23NO5S. The maximum atomic E-state index is 11.4. The number of ether oxygens (including phenoxy) is 3. The molecule has 2 N–H and O–H groups in total. The van der Waals surface area contributed by atoms with Crippen LogP contribution in [0.2, 0.25) is 0 Å². The van der Waals surface area contributed by atoms with Crippen molar-refractivity contribution >= 4 is 9.84 Å². The fourth-order valence-corrected chi connectivity index (χ4v) is 2.47. The van der Waals surface area contributed by atoms with E-state index in [1.807, 2.05) is 0 Å². The number of hydrogen-bond acceptors (Lipinski definition) is 6. The topological polar surface area (TPSA) is 87.9 Å². The Morgan fingerprint density at radius 3 is 2.12 bits per heavy atom. The van der Waals surface area contributed by atoms with Crippen LogP contribution in [0.15, 0.2) is 0 Å². The van der Waals surface area contributed by atoms with Gasteiger partial charge >= 0.3 is 0 Å². The fraction of sp³-hybridized carbons (Fsp3) is 1.00. The highest BCUT2D eigenvalue weighted by Gasteiger charge is 2.12. The molecule has 0 aromatic carbocycles. The van der Waals surface area contributed by atoms with E-state index in [0.29, 0.717) is 26.4 Å². The summed E-state index contributed by atoms with van der Waals surface area (Å²) in [6.45, 7) is 3.74. The smallest absolute Gasteiger partial charge is 0.154 e. The van der Waals surface area contributed by atoms with Crippen LogP contribution >= 0.6 is 0 Å². The molecule has 0 aliphatic carbocycles. The van der Waals surface area contributed by atoms with E-state index >= 15 is 0 Å². The van der Waals surface area contributed by atoms with Crippen molar-refractivity contribution in [2.45, 2.75) is 13.0 Å². The molecule has 0 aliphatic rings. The zero-order valence-corrected chi connectivity index (χ0v) is 11.4. The lowest BCUT2D eigenvalue weighted by atomic mass is 10.4. The summed E-state index contributed by atoms with van der Waals surface area (Å²) in [6.07, 6.45) is 0. The molecule has 0 amide bonds. The molecule has 0 bridgehead atoms. The van der Waals surface area contributed by atoms with Crippen LogP contribution in [0.1, 0.15) is 6.92 Å². The summed E-state index contributed by atoms with van der Waals surface area (Å²) in [5.41, 5.74) is 5.43. The molecular weight excluding hydrogens is 246 g/mol. The Bertz CT molecular complexity index is 266. The normalized spacial score (nSPS) is 13.8. The Morgan fingerprint density at radius 2 is 1.59 bits per heavy atom. The second-order valence-corrected chi connectivity index (χ2v) is 6.04. The van der Waals surface area contributed by atoms with E-state index in [-0.39, 0.29) is 24.2 Å². The van der Waals surface area contributed by atoms with E-state index in [4.69, 9.17) is 19.9 Å². The third-order valence-electron chi connectivity index (χ3n) is 1.86. The lowest BCUT2D eigenvalue weighted by Crippen LogP contribution is -2.29. The summed E-state index contributed by atoms with van der Waals surface area (Å²) in [7, 11) is -1.49. The number of hydrogen-bond donors (Lipinski definition) is 1. The van der Waals surface area contributed by atoms with Crippen molar-refractivity contribution in [1.29, 1.82) is 0 Å². The maximum Gasteiger partial charge on any atom is 0.154 e. The number of methoxy groups -OCH3 is 1. The first-order valence-corrected chi connectivity index (χ1v) is 7.40. The molecule has 0 saturated heterocycles. The SMILES string of the molecule is COCCOCCOCCS(=O)(=O)CC(C)N. The minimum absolute atomic E-state index is 0.000693. The summed E-state index contributed by atoms with van der Waals surface area (Å²) < 4.78 is 37.9. The quantitative estimate of drug-likeness (QED) is 0.505. The monoisotopic (exact) mass is 269 g/mol. The van der Waals surface area contributed by atoms with Crippen molar-refractivity contribution in [3.63, 3.8) is 0 Å². The second kappa shape index (κ2) is 9.78. The van der Waals surface area contributed by atoms with Crippen LogP contribution in [0.4, 0.5) is 0 Å². The van der Waals surface area contributed by atoms with Crippen LogP contribution in [0, 0.1) is 0 Å². The Labute approximate surface area is 103 Å². The molecule has 0 aromatic heterocycles. The van der Waals surface area contributed by atoms with E-state index in [0.717, 1.165) is 0 Å². The van der Waals surface area contributed by atoms with Gasteiger partial charge in [-0.3, -0.25) is 0 Å². The van der Waals surface area contributed by atoms with Crippen molar-refractivity contribution in [1.82, 2.24) is 0 Å². The molecule has 7 heteroatoms. The van der Waals surface area contributed by atoms with E-state index in [2.05, 4.69) is 0 Å². The number of nitrogens with two attached hydrogens (primary N) is 1. The molecule has 0 heterocycles. The number of rotatable bonds is 11. The van der Waals surface area contributed by atoms with Crippen molar-refractivity contribution in [3.8, 4) is 0 Å². The third kappa shape index (κ3) is 12.0. The first-order chi connectivity index (χ1) is 7.98. The lowest BCUT2D eigenvalue weighted by molar-refractivity contribution is 0.0284. The van der Waals surface area contributed by atoms with E-state index in [9.17, 15) is 8.42 Å². The third-order valence-corrected chi connectivity index (χ3v) is 3.68. The van der Waals surface area contributed by atoms with Gasteiger partial charge in [0.25, 0.3) is 0 Å². The van der Waals surface area contributed by atoms with Gasteiger partial charge in [-0.05, 0) is 6.92 Å². The molecule has 17 heavy (non-hydrogen) atoms. The van der Waals surface area contributed by atoms with Gasteiger partial charge in [-0.15, -0.1) is 0 Å². The maximum absolute atomic E-state index is 11.4. The summed E-state index contributed by atoms with van der Waals surface area (Å²) in [5, 5.41) is 0. The van der Waals surface area contributed by atoms with E-state index in [1.165, 1.54) is 0 Å². The molecule has 0 saturated carbocycles. The lowest BCUT2D eigenvalue weighted by Gasteiger charge is -2.08. The Kier molecular flexibility index (Phi) is 9.66. The van der Waals surface area contributed by atoms with Gasteiger partial charge in [0.2, 0.25) is 0 Å². The zero-order valence-electron chi connectivity index (χ0n) is 10.6. The Morgan fingerprint density at radius 1 is 1.06 bits per heavy atom. The van der Waals surface area contributed by atoms with Crippen molar-refractivity contribution in [3.05, 3.63) is 0 Å². The highest BCUT2D eigenvalue weighted by molar-refractivity contribution is 7.91. The molecule has 0 fully saturated rings. The molecule has 0 aliphatic heterocycles. The standard InChI is InChI=1S/C10H23NO5S/c1-10(11)9-17(12,13)8-7-16-6-5-15-4-3-14-2/h10H,3-9,11H2,1-2H3. The summed E-state index contributed by atoms with van der Waals surface area (Å²) in [4.78, 5) is 0. The number of sulfone groups is 1. The van der Waals surface area contributed by atoms with Gasteiger partial charge in [0.15, 0.2) is 9.84 Å². The molecule has 104 valence electrons. The van der Waals surface area contributed by atoms with Gasteiger partial charge in [0, 0.05) is 13.2 Å². The molecule has 0 radical (unpaired) electrons. The van der Waals surface area contributed by atoms with Crippen LogP contribution in [0.25, 0.3) is 0 Å². The average molecular weight is 269 g/mol. The Hall–Kier alpha value is -0.210. The summed E-state index contributed by atoms with van der Waals surface area (Å²) >= 11 is 0. The van der Waals surface area contributed by atoms with E-state index in [1.54, 1.807) is 14.0 Å². The van der Waals surface area contributed by atoms with Crippen molar-refractivity contribution in [2.24, 2.45) is 5.73 Å². The molecule has 0 aromatic rings. The van der Waals surface area contributed by atoms with Crippen LogP contribution in [0.3, 0.4) is 0 Å². The summed E-state index contributed by atoms with van der Waals surface area (Å²) in [6, 6.07) is -0.336. The first-order valence-electron chi connectivity index (χ1n) is 5.58. The fourth-order valence-electron chi connectivity index (χ4n) is 1.13. The van der Waals surface area contributed by atoms with Gasteiger partial charge in [0.05, 0.1) is 44.5 Å². The highest BCUT2D eigenvalue weighted by Crippen LogP contribution is 1.93. The predicted octanol–water partition coefficient (Wildman–Crippen LogP) is -0.572. The van der Waals surface area contributed by atoms with Crippen molar-refractivity contribution < 1.29 is 22.6 Å². The average Bonchev–Trinajstić information content (AvgIpc) is 2.20. The largest absolute Gasteiger partial charge is 0.382 e. The molecule has 1 atom stereocenters. The summed E-state index contributed by atoms with van der Waals surface area (Å²) in [5.74, 6) is 0.00725. The van der Waals surface area contributed by atoms with E-state index < -0.39 is 9.84 Å². The minimum atomic E-state index is -3.09. The molecule has 6 nitrogen and oxygen atoms in total. The molecule has 0 spiro atoms. The molecule has 0 rings (SSSR count). The minimum Gasteiger partial charge on any atom is -0.382 e. The van der Waals surface area contributed by atoms with Crippen LogP contribution in [0.5, 0.6) is 0 Å². The van der Waals surface area contributed by atoms with Gasteiger partial charge < -0.3 is 19.9 Å².